The first-order valence-corrected chi connectivity index (χ1v) is 6.02. The minimum Gasteiger partial charge on any atom is -0.465 e. The Morgan fingerprint density at radius 3 is 2.84 bits per heavy atom. The summed E-state index contributed by atoms with van der Waals surface area (Å²) < 4.78 is 4.55. The molecule has 1 aromatic rings. The maximum Gasteiger partial charge on any atom is 0.407 e. The Hall–Kier alpha value is -2.12. The van der Waals surface area contributed by atoms with E-state index in [1.54, 1.807) is 0 Å². The summed E-state index contributed by atoms with van der Waals surface area (Å²) >= 11 is 0. The van der Waals surface area contributed by atoms with E-state index in [4.69, 9.17) is 5.11 Å². The molecule has 1 saturated heterocycles. The highest BCUT2D eigenvalue weighted by molar-refractivity contribution is 5.86. The quantitative estimate of drug-likeness (QED) is 0.795. The van der Waals surface area contributed by atoms with Crippen LogP contribution in [0.1, 0.15) is 36.3 Å². The van der Waals surface area contributed by atoms with Gasteiger partial charge in [-0.2, -0.15) is 9.90 Å². The van der Waals surface area contributed by atoms with Crippen molar-refractivity contribution in [2.75, 3.05) is 13.7 Å². The Bertz CT molecular complexity index is 487. The highest BCUT2D eigenvalue weighted by Crippen LogP contribution is 2.24. The zero-order valence-electron chi connectivity index (χ0n) is 10.8. The van der Waals surface area contributed by atoms with Crippen LogP contribution in [0.4, 0.5) is 4.79 Å². The standard InChI is InChI=1S/C11H16N4O4/c1-7-3-4-8(6-14(7)11(17)18)15-12-5-9(13-15)10(16)19-2/h5,7-8H,3-4,6H2,1-2H3,(H,17,18). The average Bonchev–Trinajstić information content (AvgIpc) is 2.87. The van der Waals surface area contributed by atoms with Crippen molar-refractivity contribution in [2.45, 2.75) is 31.8 Å². The monoisotopic (exact) mass is 268 g/mol. The molecule has 8 nitrogen and oxygen atoms in total. The van der Waals surface area contributed by atoms with Crippen molar-refractivity contribution in [3.8, 4) is 0 Å². The Morgan fingerprint density at radius 1 is 1.47 bits per heavy atom. The topological polar surface area (TPSA) is 97.6 Å². The summed E-state index contributed by atoms with van der Waals surface area (Å²) in [7, 11) is 1.27. The van der Waals surface area contributed by atoms with Gasteiger partial charge in [0.05, 0.1) is 19.3 Å². The van der Waals surface area contributed by atoms with Crippen molar-refractivity contribution in [3.63, 3.8) is 0 Å². The lowest BCUT2D eigenvalue weighted by molar-refractivity contribution is 0.0589. The van der Waals surface area contributed by atoms with E-state index in [-0.39, 0.29) is 17.8 Å². The third kappa shape index (κ3) is 2.67. The molecular formula is C11H16N4O4. The van der Waals surface area contributed by atoms with Gasteiger partial charge >= 0.3 is 12.1 Å². The largest absolute Gasteiger partial charge is 0.465 e. The average molecular weight is 268 g/mol. The summed E-state index contributed by atoms with van der Waals surface area (Å²) in [5.74, 6) is -0.550. The van der Waals surface area contributed by atoms with Crippen molar-refractivity contribution < 1.29 is 19.4 Å². The molecule has 0 saturated carbocycles. The molecule has 2 rings (SSSR count). The van der Waals surface area contributed by atoms with Gasteiger partial charge in [-0.05, 0) is 19.8 Å². The number of likely N-dealkylation sites (tertiary alicyclic amines) is 1. The first-order valence-electron chi connectivity index (χ1n) is 6.02. The number of nitrogens with zero attached hydrogens (tertiary/aromatic N) is 4. The number of hydrogen-bond acceptors (Lipinski definition) is 5. The first-order chi connectivity index (χ1) is 9.02. The molecule has 1 N–H and O–H groups in total. The van der Waals surface area contributed by atoms with Gasteiger partial charge in [-0.3, -0.25) is 0 Å². The zero-order chi connectivity index (χ0) is 14.0. The third-order valence-electron chi connectivity index (χ3n) is 3.33. The first kappa shape index (κ1) is 13.3. The molecule has 0 radical (unpaired) electrons. The van der Waals surface area contributed by atoms with E-state index in [1.807, 2.05) is 6.92 Å². The molecule has 2 unspecified atom stereocenters. The summed E-state index contributed by atoms with van der Waals surface area (Å²) in [5.41, 5.74) is 0.128. The fourth-order valence-electron chi connectivity index (χ4n) is 2.19. The van der Waals surface area contributed by atoms with Crippen LogP contribution in [0.3, 0.4) is 0 Å². The number of amides is 1. The highest BCUT2D eigenvalue weighted by Gasteiger charge is 2.31. The predicted octanol–water partition coefficient (Wildman–Crippen LogP) is 0.768. The maximum atomic E-state index is 11.3. The number of carbonyl (C=O) groups excluding carboxylic acids is 1. The molecular weight excluding hydrogens is 252 g/mol. The molecule has 0 spiro atoms. The highest BCUT2D eigenvalue weighted by atomic mass is 16.5. The van der Waals surface area contributed by atoms with Crippen molar-refractivity contribution in [1.29, 1.82) is 0 Å². The number of rotatable bonds is 2. The molecule has 2 atom stereocenters. The molecule has 8 heteroatoms. The molecule has 1 aliphatic rings. The van der Waals surface area contributed by atoms with Gasteiger partial charge in [0.25, 0.3) is 0 Å². The third-order valence-corrected chi connectivity index (χ3v) is 3.33. The second kappa shape index (κ2) is 5.25. The molecule has 1 aliphatic heterocycles. The van der Waals surface area contributed by atoms with E-state index in [1.165, 1.54) is 23.0 Å². The van der Waals surface area contributed by atoms with Crippen molar-refractivity contribution in [2.24, 2.45) is 0 Å². The molecule has 2 heterocycles. The molecule has 1 amide bonds. The van der Waals surface area contributed by atoms with Crippen molar-refractivity contribution in [1.82, 2.24) is 19.9 Å². The van der Waals surface area contributed by atoms with E-state index in [9.17, 15) is 9.59 Å². The second-order valence-electron chi connectivity index (χ2n) is 4.56. The number of aromatic nitrogens is 3. The predicted molar refractivity (Wildman–Crippen MR) is 63.8 cm³/mol. The second-order valence-corrected chi connectivity index (χ2v) is 4.56. The van der Waals surface area contributed by atoms with Crippen LogP contribution in [0.2, 0.25) is 0 Å². The van der Waals surface area contributed by atoms with Gasteiger partial charge in [0.1, 0.15) is 0 Å². The number of esters is 1. The number of piperidine rings is 1. The van der Waals surface area contributed by atoms with Crippen LogP contribution in [0.5, 0.6) is 0 Å². The van der Waals surface area contributed by atoms with Crippen LogP contribution in [-0.2, 0) is 4.74 Å². The van der Waals surface area contributed by atoms with E-state index >= 15 is 0 Å². The van der Waals surface area contributed by atoms with Gasteiger partial charge in [0.15, 0.2) is 5.69 Å². The van der Waals surface area contributed by atoms with Crippen LogP contribution >= 0.6 is 0 Å². The maximum absolute atomic E-state index is 11.3. The molecule has 0 bridgehead atoms. The van der Waals surface area contributed by atoms with Gasteiger partial charge in [-0.15, -0.1) is 5.10 Å². The van der Waals surface area contributed by atoms with Crippen LogP contribution in [0, 0.1) is 0 Å². The lowest BCUT2D eigenvalue weighted by Crippen LogP contribution is -2.45. The number of ether oxygens (including phenoxy) is 1. The molecule has 1 fully saturated rings. The minimum atomic E-state index is -0.947. The normalized spacial score (nSPS) is 23.2. The summed E-state index contributed by atoms with van der Waals surface area (Å²) in [5, 5.41) is 17.2. The van der Waals surface area contributed by atoms with Crippen LogP contribution in [0.25, 0.3) is 0 Å². The Balaban J connectivity index is 2.12. The molecule has 1 aromatic heterocycles. The lowest BCUT2D eigenvalue weighted by atomic mass is 10.0. The van der Waals surface area contributed by atoms with E-state index in [2.05, 4.69) is 14.9 Å². The molecule has 0 aliphatic carbocycles. The Labute approximate surface area is 109 Å². The van der Waals surface area contributed by atoms with E-state index < -0.39 is 12.1 Å². The van der Waals surface area contributed by atoms with Crippen molar-refractivity contribution in [3.05, 3.63) is 11.9 Å². The Kier molecular flexibility index (Phi) is 3.68. The SMILES string of the molecule is COC(=O)c1cnn(C2CCC(C)N(C(=O)O)C2)n1. The molecule has 0 aromatic carbocycles. The number of carboxylic acid groups (broad SMARTS) is 1. The summed E-state index contributed by atoms with van der Waals surface area (Å²) in [6.45, 7) is 2.20. The van der Waals surface area contributed by atoms with Crippen LogP contribution in [0.15, 0.2) is 6.20 Å². The lowest BCUT2D eigenvalue weighted by Gasteiger charge is -2.35. The fourth-order valence-corrected chi connectivity index (χ4v) is 2.19. The zero-order valence-corrected chi connectivity index (χ0v) is 10.8. The van der Waals surface area contributed by atoms with E-state index in [0.717, 1.165) is 12.8 Å². The van der Waals surface area contributed by atoms with Crippen LogP contribution < -0.4 is 0 Å². The smallest absolute Gasteiger partial charge is 0.407 e. The minimum absolute atomic E-state index is 0.00982. The van der Waals surface area contributed by atoms with E-state index in [0.29, 0.717) is 6.54 Å². The summed E-state index contributed by atoms with van der Waals surface area (Å²) in [4.78, 5) is 25.2. The Morgan fingerprint density at radius 2 is 2.21 bits per heavy atom. The number of methoxy groups -OCH3 is 1. The number of hydrogen-bond donors (Lipinski definition) is 1. The molecule has 104 valence electrons. The van der Waals surface area contributed by atoms with Gasteiger partial charge in [0.2, 0.25) is 0 Å². The summed E-state index contributed by atoms with van der Waals surface area (Å²) in [6, 6.07) is -0.157. The van der Waals surface area contributed by atoms with Crippen molar-refractivity contribution >= 4 is 12.1 Å². The van der Waals surface area contributed by atoms with Gasteiger partial charge in [0, 0.05) is 12.6 Å². The molecule has 19 heavy (non-hydrogen) atoms. The fraction of sp³-hybridized carbons (Fsp3) is 0.636. The van der Waals surface area contributed by atoms with Crippen LogP contribution in [-0.4, -0.2) is 56.8 Å². The van der Waals surface area contributed by atoms with Gasteiger partial charge in [-0.25, -0.2) is 9.59 Å². The van der Waals surface area contributed by atoms with Gasteiger partial charge in [-0.1, -0.05) is 0 Å². The summed E-state index contributed by atoms with van der Waals surface area (Å²) in [6.07, 6.45) is 1.90. The van der Waals surface area contributed by atoms with Gasteiger partial charge < -0.3 is 14.7 Å². The number of carbonyl (C=O) groups is 2.